The van der Waals surface area contributed by atoms with Crippen LogP contribution in [-0.4, -0.2) is 11.0 Å². The molecule has 1 amide bonds. The fourth-order valence-electron chi connectivity index (χ4n) is 1.82. The van der Waals surface area contributed by atoms with Gasteiger partial charge in [0.15, 0.2) is 0 Å². The maximum atomic E-state index is 12.1. The number of phenolic OH excluding ortho intramolecular Hbond substituents is 1. The highest BCUT2D eigenvalue weighted by molar-refractivity contribution is 6.37. The number of amides is 1. The van der Waals surface area contributed by atoms with E-state index in [2.05, 4.69) is 5.32 Å². The van der Waals surface area contributed by atoms with E-state index in [-0.39, 0.29) is 11.7 Å². The van der Waals surface area contributed by atoms with Crippen LogP contribution in [0.4, 0.5) is 5.69 Å². The van der Waals surface area contributed by atoms with Gasteiger partial charge < -0.3 is 10.4 Å². The van der Waals surface area contributed by atoms with E-state index in [9.17, 15) is 9.90 Å². The third-order valence-electron chi connectivity index (χ3n) is 2.89. The van der Waals surface area contributed by atoms with Crippen molar-refractivity contribution < 1.29 is 9.90 Å². The summed E-state index contributed by atoms with van der Waals surface area (Å²) in [6, 6.07) is 9.62. The molecule has 0 aliphatic heterocycles. The molecule has 5 heteroatoms. The molecular formula is C15H13Cl2NO2. The van der Waals surface area contributed by atoms with E-state index in [0.29, 0.717) is 27.7 Å². The number of carbonyl (C=O) groups excluding carboxylic acids is 1. The Morgan fingerprint density at radius 3 is 2.60 bits per heavy atom. The number of nitrogens with one attached hydrogen (secondary N) is 1. The van der Waals surface area contributed by atoms with Crippen LogP contribution in [0.15, 0.2) is 36.4 Å². The molecule has 0 saturated carbocycles. The molecule has 0 aliphatic carbocycles. The summed E-state index contributed by atoms with van der Waals surface area (Å²) in [4.78, 5) is 12.1. The number of hydrogen-bond donors (Lipinski definition) is 2. The lowest BCUT2D eigenvalue weighted by atomic mass is 10.1. The number of halogens is 2. The van der Waals surface area contributed by atoms with E-state index < -0.39 is 0 Å². The zero-order valence-corrected chi connectivity index (χ0v) is 12.3. The van der Waals surface area contributed by atoms with Gasteiger partial charge in [-0.05, 0) is 48.4 Å². The summed E-state index contributed by atoms with van der Waals surface area (Å²) in [5.41, 5.74) is 1.72. The molecule has 2 rings (SSSR count). The van der Waals surface area contributed by atoms with Gasteiger partial charge in [-0.15, -0.1) is 0 Å². The van der Waals surface area contributed by atoms with Crippen molar-refractivity contribution in [1.29, 1.82) is 0 Å². The van der Waals surface area contributed by atoms with Crippen LogP contribution in [0.25, 0.3) is 0 Å². The van der Waals surface area contributed by atoms with Gasteiger partial charge in [0.1, 0.15) is 5.75 Å². The van der Waals surface area contributed by atoms with E-state index in [0.717, 1.165) is 5.56 Å². The molecule has 0 bridgehead atoms. The molecule has 20 heavy (non-hydrogen) atoms. The lowest BCUT2D eigenvalue weighted by Gasteiger charge is -2.09. The second-order valence-electron chi connectivity index (χ2n) is 4.28. The quantitative estimate of drug-likeness (QED) is 0.819. The Balaban J connectivity index is 2.23. The van der Waals surface area contributed by atoms with E-state index >= 15 is 0 Å². The maximum absolute atomic E-state index is 12.1. The number of benzene rings is 2. The lowest BCUT2D eigenvalue weighted by molar-refractivity contribution is 0.102. The third-order valence-corrected chi connectivity index (χ3v) is 3.44. The summed E-state index contributed by atoms with van der Waals surface area (Å²) >= 11 is 11.8. The Bertz CT molecular complexity index is 656. The smallest absolute Gasteiger partial charge is 0.257 e. The Morgan fingerprint density at radius 2 is 1.95 bits per heavy atom. The first-order valence-corrected chi connectivity index (χ1v) is 6.85. The number of anilines is 1. The van der Waals surface area contributed by atoms with Crippen molar-refractivity contribution in [2.45, 2.75) is 13.3 Å². The van der Waals surface area contributed by atoms with Crippen molar-refractivity contribution in [2.24, 2.45) is 0 Å². The molecule has 0 atom stereocenters. The van der Waals surface area contributed by atoms with E-state index in [4.69, 9.17) is 23.2 Å². The molecule has 0 radical (unpaired) electrons. The number of phenols is 1. The van der Waals surface area contributed by atoms with Gasteiger partial charge >= 0.3 is 0 Å². The second kappa shape index (κ2) is 6.16. The molecular weight excluding hydrogens is 297 g/mol. The number of aryl methyl sites for hydroxylation is 1. The third kappa shape index (κ3) is 3.24. The average Bonchev–Trinajstić information content (AvgIpc) is 2.40. The van der Waals surface area contributed by atoms with Gasteiger partial charge in [0.2, 0.25) is 0 Å². The Hall–Kier alpha value is -1.71. The summed E-state index contributed by atoms with van der Waals surface area (Å²) in [5.74, 6) is -0.102. The molecule has 2 aromatic rings. The zero-order chi connectivity index (χ0) is 14.7. The largest absolute Gasteiger partial charge is 0.508 e. The van der Waals surface area contributed by atoms with Crippen molar-refractivity contribution in [2.75, 3.05) is 5.32 Å². The van der Waals surface area contributed by atoms with Crippen molar-refractivity contribution in [3.63, 3.8) is 0 Å². The maximum Gasteiger partial charge on any atom is 0.257 e. The monoisotopic (exact) mass is 309 g/mol. The van der Waals surface area contributed by atoms with Gasteiger partial charge in [-0.1, -0.05) is 30.1 Å². The van der Waals surface area contributed by atoms with Crippen LogP contribution < -0.4 is 5.32 Å². The van der Waals surface area contributed by atoms with Crippen LogP contribution in [0.2, 0.25) is 10.0 Å². The summed E-state index contributed by atoms with van der Waals surface area (Å²) in [6.07, 6.45) is 0.678. The molecule has 3 nitrogen and oxygen atoms in total. The SMILES string of the molecule is CCc1cc(NC(=O)c2ccc(Cl)cc2Cl)ccc1O. The van der Waals surface area contributed by atoms with Crippen LogP contribution in [0.5, 0.6) is 5.75 Å². The second-order valence-corrected chi connectivity index (χ2v) is 5.12. The van der Waals surface area contributed by atoms with Crippen LogP contribution in [0.1, 0.15) is 22.8 Å². The Kier molecular flexibility index (Phi) is 4.53. The minimum atomic E-state index is -0.320. The van der Waals surface area contributed by atoms with E-state index in [1.807, 2.05) is 6.92 Å². The van der Waals surface area contributed by atoms with Crippen molar-refractivity contribution in [1.82, 2.24) is 0 Å². The summed E-state index contributed by atoms with van der Waals surface area (Å²) < 4.78 is 0. The summed E-state index contributed by atoms with van der Waals surface area (Å²) in [6.45, 7) is 1.93. The molecule has 0 spiro atoms. The van der Waals surface area contributed by atoms with Crippen LogP contribution >= 0.6 is 23.2 Å². The molecule has 0 unspecified atom stereocenters. The Labute approximate surface area is 127 Å². The highest BCUT2D eigenvalue weighted by Gasteiger charge is 2.11. The topological polar surface area (TPSA) is 49.3 Å². The number of aromatic hydroxyl groups is 1. The molecule has 0 aromatic heterocycles. The predicted octanol–water partition coefficient (Wildman–Crippen LogP) is 4.51. The fraction of sp³-hybridized carbons (Fsp3) is 0.133. The van der Waals surface area contributed by atoms with Crippen molar-refractivity contribution in [3.05, 3.63) is 57.6 Å². The van der Waals surface area contributed by atoms with Gasteiger partial charge in [0.25, 0.3) is 5.91 Å². The van der Waals surface area contributed by atoms with Gasteiger partial charge in [-0.3, -0.25) is 4.79 Å². The van der Waals surface area contributed by atoms with Gasteiger partial charge in [0, 0.05) is 10.7 Å². The van der Waals surface area contributed by atoms with Crippen LogP contribution in [-0.2, 0) is 6.42 Å². The minimum absolute atomic E-state index is 0.218. The molecule has 0 fully saturated rings. The van der Waals surface area contributed by atoms with Gasteiger partial charge in [0.05, 0.1) is 10.6 Å². The first-order valence-electron chi connectivity index (χ1n) is 6.09. The van der Waals surface area contributed by atoms with Crippen LogP contribution in [0, 0.1) is 0 Å². The number of rotatable bonds is 3. The molecule has 0 saturated heterocycles. The summed E-state index contributed by atoms with van der Waals surface area (Å²) in [7, 11) is 0. The predicted molar refractivity (Wildman–Crippen MR) is 81.9 cm³/mol. The number of hydrogen-bond acceptors (Lipinski definition) is 2. The molecule has 104 valence electrons. The zero-order valence-electron chi connectivity index (χ0n) is 10.8. The van der Waals surface area contributed by atoms with E-state index in [1.165, 1.54) is 6.07 Å². The van der Waals surface area contributed by atoms with Crippen molar-refractivity contribution >= 4 is 34.8 Å². The van der Waals surface area contributed by atoms with E-state index in [1.54, 1.807) is 30.3 Å². The fourth-order valence-corrected chi connectivity index (χ4v) is 2.31. The summed E-state index contributed by atoms with van der Waals surface area (Å²) in [5, 5.41) is 13.1. The normalized spacial score (nSPS) is 10.3. The Morgan fingerprint density at radius 1 is 1.20 bits per heavy atom. The highest BCUT2D eigenvalue weighted by atomic mass is 35.5. The van der Waals surface area contributed by atoms with Gasteiger partial charge in [-0.2, -0.15) is 0 Å². The molecule has 2 N–H and O–H groups in total. The van der Waals surface area contributed by atoms with Gasteiger partial charge in [-0.25, -0.2) is 0 Å². The first kappa shape index (κ1) is 14.7. The van der Waals surface area contributed by atoms with Crippen molar-refractivity contribution in [3.8, 4) is 5.75 Å². The minimum Gasteiger partial charge on any atom is -0.508 e. The number of carbonyl (C=O) groups is 1. The first-order chi connectivity index (χ1) is 9.51. The van der Waals surface area contributed by atoms with Crippen LogP contribution in [0.3, 0.4) is 0 Å². The molecule has 2 aromatic carbocycles. The standard InChI is InChI=1S/C15H13Cl2NO2/c1-2-9-7-11(4-6-14(9)19)18-15(20)12-5-3-10(16)8-13(12)17/h3-8,19H,2H2,1H3,(H,18,20). The lowest BCUT2D eigenvalue weighted by Crippen LogP contribution is -2.12. The highest BCUT2D eigenvalue weighted by Crippen LogP contribution is 2.24. The molecule has 0 aliphatic rings. The average molecular weight is 310 g/mol. The molecule has 0 heterocycles.